The summed E-state index contributed by atoms with van der Waals surface area (Å²) in [7, 11) is 1.92. The first-order valence-corrected chi connectivity index (χ1v) is 8.38. The average Bonchev–Trinajstić information content (AvgIpc) is 2.98. The Morgan fingerprint density at radius 2 is 2.00 bits per heavy atom. The smallest absolute Gasteiger partial charge is 0.225 e. The van der Waals surface area contributed by atoms with Gasteiger partial charge in [-0.2, -0.15) is 0 Å². The quantitative estimate of drug-likeness (QED) is 0.734. The van der Waals surface area contributed by atoms with Crippen molar-refractivity contribution in [3.8, 4) is 0 Å². The molecule has 2 heterocycles. The molecule has 0 aliphatic carbocycles. The van der Waals surface area contributed by atoms with Crippen LogP contribution in [0.5, 0.6) is 0 Å². The van der Waals surface area contributed by atoms with Crippen molar-refractivity contribution in [3.63, 3.8) is 0 Å². The van der Waals surface area contributed by atoms with Crippen LogP contribution in [0.1, 0.15) is 33.1 Å². The molecule has 1 amide bonds. The molecular weight excluding hydrogens is 266 g/mol. The van der Waals surface area contributed by atoms with E-state index in [9.17, 15) is 4.79 Å². The monoisotopic (exact) mass is 297 g/mol. The zero-order valence-corrected chi connectivity index (χ0v) is 13.9. The highest BCUT2D eigenvalue weighted by molar-refractivity contribution is 5.76. The standard InChI is InChI=1S/C16H31N3O2/c1-14(2)19-10-11-21-15(13-19)12-16(20)17(3)8-9-18-6-4-5-7-18/h14-15H,4-13H2,1-3H3. The summed E-state index contributed by atoms with van der Waals surface area (Å²) in [6.07, 6.45) is 3.18. The summed E-state index contributed by atoms with van der Waals surface area (Å²) in [5.41, 5.74) is 0. The lowest BCUT2D eigenvalue weighted by Gasteiger charge is -2.35. The van der Waals surface area contributed by atoms with Gasteiger partial charge < -0.3 is 14.5 Å². The maximum atomic E-state index is 12.3. The third-order valence-corrected chi connectivity index (χ3v) is 4.68. The van der Waals surface area contributed by atoms with Gasteiger partial charge in [0.05, 0.1) is 19.1 Å². The zero-order chi connectivity index (χ0) is 15.2. The minimum atomic E-state index is 0.0582. The van der Waals surface area contributed by atoms with Gasteiger partial charge in [0.25, 0.3) is 0 Å². The van der Waals surface area contributed by atoms with Crippen LogP contribution in [0.2, 0.25) is 0 Å². The van der Waals surface area contributed by atoms with Gasteiger partial charge >= 0.3 is 0 Å². The molecule has 122 valence electrons. The second-order valence-corrected chi connectivity index (χ2v) is 6.65. The highest BCUT2D eigenvalue weighted by Crippen LogP contribution is 2.13. The maximum absolute atomic E-state index is 12.3. The SMILES string of the molecule is CC(C)N1CCOC(CC(=O)N(C)CCN2CCCC2)C1. The van der Waals surface area contributed by atoms with E-state index in [-0.39, 0.29) is 12.0 Å². The molecule has 21 heavy (non-hydrogen) atoms. The van der Waals surface area contributed by atoms with Crippen molar-refractivity contribution in [2.45, 2.75) is 45.3 Å². The van der Waals surface area contributed by atoms with Crippen LogP contribution in [0.25, 0.3) is 0 Å². The Morgan fingerprint density at radius 1 is 1.29 bits per heavy atom. The Balaban J connectivity index is 1.69. The normalized spacial score (nSPS) is 24.7. The molecule has 2 aliphatic rings. The van der Waals surface area contributed by atoms with Crippen molar-refractivity contribution in [1.29, 1.82) is 0 Å². The van der Waals surface area contributed by atoms with Crippen LogP contribution in [0.3, 0.4) is 0 Å². The molecule has 5 nitrogen and oxygen atoms in total. The number of ether oxygens (including phenoxy) is 1. The Labute approximate surface area is 129 Å². The number of morpholine rings is 1. The van der Waals surface area contributed by atoms with Gasteiger partial charge in [-0.3, -0.25) is 9.69 Å². The minimum Gasteiger partial charge on any atom is -0.375 e. The minimum absolute atomic E-state index is 0.0582. The van der Waals surface area contributed by atoms with Crippen LogP contribution in [0.15, 0.2) is 0 Å². The molecule has 2 rings (SSSR count). The fourth-order valence-corrected chi connectivity index (χ4v) is 3.11. The molecule has 5 heteroatoms. The van der Waals surface area contributed by atoms with Crippen molar-refractivity contribution in [1.82, 2.24) is 14.7 Å². The van der Waals surface area contributed by atoms with E-state index in [2.05, 4.69) is 23.6 Å². The topological polar surface area (TPSA) is 36.0 Å². The molecular formula is C16H31N3O2. The Bertz CT molecular complexity index is 329. The summed E-state index contributed by atoms with van der Waals surface area (Å²) in [6, 6.07) is 0.527. The molecule has 1 atom stereocenters. The van der Waals surface area contributed by atoms with Gasteiger partial charge in [0, 0.05) is 39.3 Å². The predicted molar refractivity (Wildman–Crippen MR) is 84.4 cm³/mol. The first kappa shape index (κ1) is 16.7. The molecule has 2 fully saturated rings. The van der Waals surface area contributed by atoms with Crippen molar-refractivity contribution >= 4 is 5.91 Å². The highest BCUT2D eigenvalue weighted by Gasteiger charge is 2.25. The first-order valence-electron chi connectivity index (χ1n) is 8.38. The van der Waals surface area contributed by atoms with E-state index in [0.29, 0.717) is 12.5 Å². The zero-order valence-electron chi connectivity index (χ0n) is 13.9. The van der Waals surface area contributed by atoms with E-state index in [1.165, 1.54) is 25.9 Å². The Kier molecular flexibility index (Phi) is 6.45. The lowest BCUT2D eigenvalue weighted by Crippen LogP contribution is -2.47. The Morgan fingerprint density at radius 3 is 2.67 bits per heavy atom. The number of amides is 1. The van der Waals surface area contributed by atoms with E-state index in [1.54, 1.807) is 0 Å². The van der Waals surface area contributed by atoms with Gasteiger partial charge in [0.1, 0.15) is 0 Å². The van der Waals surface area contributed by atoms with E-state index < -0.39 is 0 Å². The van der Waals surface area contributed by atoms with Crippen LogP contribution in [-0.4, -0.2) is 85.7 Å². The molecule has 0 radical (unpaired) electrons. The van der Waals surface area contributed by atoms with Gasteiger partial charge in [-0.05, 0) is 39.8 Å². The number of carbonyl (C=O) groups is 1. The molecule has 0 aromatic carbocycles. The van der Waals surface area contributed by atoms with Gasteiger partial charge in [0.15, 0.2) is 0 Å². The molecule has 0 spiro atoms. The summed E-state index contributed by atoms with van der Waals surface area (Å²) in [5, 5.41) is 0. The van der Waals surface area contributed by atoms with Crippen molar-refractivity contribution in [2.75, 3.05) is 52.9 Å². The summed E-state index contributed by atoms with van der Waals surface area (Å²) < 4.78 is 5.76. The lowest BCUT2D eigenvalue weighted by molar-refractivity contribution is -0.135. The number of nitrogens with zero attached hydrogens (tertiary/aromatic N) is 3. The van der Waals surface area contributed by atoms with E-state index >= 15 is 0 Å². The van der Waals surface area contributed by atoms with Crippen molar-refractivity contribution in [2.24, 2.45) is 0 Å². The van der Waals surface area contributed by atoms with Gasteiger partial charge in [-0.15, -0.1) is 0 Å². The van der Waals surface area contributed by atoms with E-state index in [1.807, 2.05) is 11.9 Å². The van der Waals surface area contributed by atoms with E-state index in [0.717, 1.165) is 32.8 Å². The third kappa shape index (κ3) is 5.24. The molecule has 0 N–H and O–H groups in total. The molecule has 2 aliphatic heterocycles. The average molecular weight is 297 g/mol. The maximum Gasteiger partial charge on any atom is 0.225 e. The second kappa shape index (κ2) is 8.11. The molecule has 0 saturated carbocycles. The summed E-state index contributed by atoms with van der Waals surface area (Å²) in [6.45, 7) is 11.2. The van der Waals surface area contributed by atoms with Crippen LogP contribution in [-0.2, 0) is 9.53 Å². The van der Waals surface area contributed by atoms with Crippen molar-refractivity contribution < 1.29 is 9.53 Å². The van der Waals surface area contributed by atoms with Gasteiger partial charge in [0.2, 0.25) is 5.91 Å². The lowest BCUT2D eigenvalue weighted by atomic mass is 10.1. The Hall–Kier alpha value is -0.650. The molecule has 0 bridgehead atoms. The first-order chi connectivity index (χ1) is 10.1. The third-order valence-electron chi connectivity index (χ3n) is 4.68. The number of carbonyl (C=O) groups excluding carboxylic acids is 1. The highest BCUT2D eigenvalue weighted by atomic mass is 16.5. The van der Waals surface area contributed by atoms with Crippen LogP contribution < -0.4 is 0 Å². The number of likely N-dealkylation sites (tertiary alicyclic amines) is 1. The fourth-order valence-electron chi connectivity index (χ4n) is 3.11. The fraction of sp³-hybridized carbons (Fsp3) is 0.938. The summed E-state index contributed by atoms with van der Waals surface area (Å²) >= 11 is 0. The molecule has 0 aromatic heterocycles. The largest absolute Gasteiger partial charge is 0.375 e. The molecule has 1 unspecified atom stereocenters. The van der Waals surface area contributed by atoms with Crippen molar-refractivity contribution in [3.05, 3.63) is 0 Å². The second-order valence-electron chi connectivity index (χ2n) is 6.65. The number of hydrogen-bond donors (Lipinski definition) is 0. The predicted octanol–water partition coefficient (Wildman–Crippen LogP) is 1.04. The molecule has 0 aromatic rings. The number of likely N-dealkylation sites (N-methyl/N-ethyl adjacent to an activating group) is 1. The number of rotatable bonds is 6. The van der Waals surface area contributed by atoms with Crippen LogP contribution >= 0.6 is 0 Å². The summed E-state index contributed by atoms with van der Waals surface area (Å²) in [4.78, 5) is 19.0. The van der Waals surface area contributed by atoms with E-state index in [4.69, 9.17) is 4.74 Å². The molecule has 2 saturated heterocycles. The summed E-state index contributed by atoms with van der Waals surface area (Å²) in [5.74, 6) is 0.213. The van der Waals surface area contributed by atoms with Crippen LogP contribution in [0.4, 0.5) is 0 Å². The van der Waals surface area contributed by atoms with Crippen LogP contribution in [0, 0.1) is 0 Å². The number of hydrogen-bond acceptors (Lipinski definition) is 4. The van der Waals surface area contributed by atoms with Gasteiger partial charge in [-0.25, -0.2) is 0 Å². The van der Waals surface area contributed by atoms with Gasteiger partial charge in [-0.1, -0.05) is 0 Å².